The Hall–Kier alpha value is -2.14. The van der Waals surface area contributed by atoms with Gasteiger partial charge in [-0.2, -0.15) is 0 Å². The number of allylic oxidation sites excluding steroid dienone is 1. The van der Waals surface area contributed by atoms with E-state index < -0.39 is 0 Å². The molecule has 5 heteroatoms. The minimum absolute atomic E-state index is 0.0800. The van der Waals surface area contributed by atoms with Crippen molar-refractivity contribution in [2.24, 2.45) is 0 Å². The van der Waals surface area contributed by atoms with Crippen molar-refractivity contribution in [1.29, 1.82) is 0 Å². The van der Waals surface area contributed by atoms with Gasteiger partial charge in [-0.1, -0.05) is 31.2 Å². The van der Waals surface area contributed by atoms with Gasteiger partial charge in [-0.15, -0.1) is 0 Å². The van der Waals surface area contributed by atoms with Gasteiger partial charge in [0.25, 0.3) is 0 Å². The fourth-order valence-electron chi connectivity index (χ4n) is 2.93. The second kappa shape index (κ2) is 8.64. The van der Waals surface area contributed by atoms with Gasteiger partial charge in [0.2, 0.25) is 5.91 Å². The molecule has 24 heavy (non-hydrogen) atoms. The van der Waals surface area contributed by atoms with Crippen LogP contribution in [0.4, 0.5) is 0 Å². The molecule has 0 bridgehead atoms. The number of carbonyl (C=O) groups excluding carboxylic acids is 2. The van der Waals surface area contributed by atoms with Crippen LogP contribution in [0.3, 0.4) is 0 Å². The van der Waals surface area contributed by atoms with E-state index in [0.717, 1.165) is 17.5 Å². The normalized spacial score (nSPS) is 17.6. The second-order valence-electron chi connectivity index (χ2n) is 5.95. The highest BCUT2D eigenvalue weighted by Crippen LogP contribution is 2.34. The molecule has 2 rings (SSSR count). The molecular formula is C19H25NO4. The summed E-state index contributed by atoms with van der Waals surface area (Å²) in [6.07, 6.45) is 1.18. The minimum Gasteiger partial charge on any atom is -0.460 e. The number of amides is 1. The first-order chi connectivity index (χ1) is 11.5. The highest BCUT2D eigenvalue weighted by Gasteiger charge is 2.33. The highest BCUT2D eigenvalue weighted by molar-refractivity contribution is 5.95. The highest BCUT2D eigenvalue weighted by atomic mass is 16.6. The number of ether oxygens (including phenoxy) is 2. The second-order valence-corrected chi connectivity index (χ2v) is 5.95. The van der Waals surface area contributed by atoms with Crippen molar-refractivity contribution in [2.75, 3.05) is 19.8 Å². The predicted molar refractivity (Wildman–Crippen MR) is 91.4 cm³/mol. The van der Waals surface area contributed by atoms with Crippen LogP contribution in [0.2, 0.25) is 0 Å². The van der Waals surface area contributed by atoms with Crippen LogP contribution in [0.25, 0.3) is 0 Å². The molecule has 0 saturated carbocycles. The van der Waals surface area contributed by atoms with Crippen LogP contribution in [0, 0.1) is 6.92 Å². The number of esters is 1. The van der Waals surface area contributed by atoms with Crippen LogP contribution in [0.5, 0.6) is 0 Å². The maximum absolute atomic E-state index is 12.6. The summed E-state index contributed by atoms with van der Waals surface area (Å²) in [6.45, 7) is 7.00. The average Bonchev–Trinajstić information content (AvgIpc) is 2.54. The van der Waals surface area contributed by atoms with E-state index in [4.69, 9.17) is 9.47 Å². The molecule has 1 amide bonds. The monoisotopic (exact) mass is 331 g/mol. The van der Waals surface area contributed by atoms with Crippen molar-refractivity contribution >= 4 is 11.9 Å². The predicted octanol–water partition coefficient (Wildman–Crippen LogP) is 2.84. The number of aryl methyl sites for hydroxylation is 1. The van der Waals surface area contributed by atoms with Crippen LogP contribution in [0.15, 0.2) is 35.5 Å². The standard InChI is InChI=1S/C19H25NO4/c1-4-9-23-10-11-24-19(22)18-14(3)20-17(21)12-16(18)15-8-6-5-7-13(15)2/h5-8,16H,4,9-12H2,1-3H3,(H,20,21)/t16-/m0/s1. The van der Waals surface area contributed by atoms with Crippen molar-refractivity contribution in [3.63, 3.8) is 0 Å². The summed E-state index contributed by atoms with van der Waals surface area (Å²) in [7, 11) is 0. The van der Waals surface area contributed by atoms with Gasteiger partial charge in [-0.3, -0.25) is 4.79 Å². The molecule has 1 aliphatic heterocycles. The third-order valence-corrected chi connectivity index (χ3v) is 4.06. The fourth-order valence-corrected chi connectivity index (χ4v) is 2.93. The van der Waals surface area contributed by atoms with E-state index in [9.17, 15) is 9.59 Å². The zero-order chi connectivity index (χ0) is 17.5. The lowest BCUT2D eigenvalue weighted by molar-refractivity contribution is -0.141. The lowest BCUT2D eigenvalue weighted by atomic mass is 9.82. The van der Waals surface area contributed by atoms with Gasteiger partial charge in [0.1, 0.15) is 6.61 Å². The number of hydrogen-bond acceptors (Lipinski definition) is 4. The van der Waals surface area contributed by atoms with E-state index in [2.05, 4.69) is 5.32 Å². The van der Waals surface area contributed by atoms with Crippen molar-refractivity contribution in [2.45, 2.75) is 39.5 Å². The summed E-state index contributed by atoms with van der Waals surface area (Å²) in [5, 5.41) is 2.75. The Bertz CT molecular complexity index is 636. The molecule has 1 aromatic rings. The van der Waals surface area contributed by atoms with Crippen LogP contribution in [-0.2, 0) is 19.1 Å². The summed E-state index contributed by atoms with van der Waals surface area (Å²) in [5.74, 6) is -0.742. The number of benzene rings is 1. The molecule has 1 aromatic carbocycles. The lowest BCUT2D eigenvalue weighted by Crippen LogP contribution is -2.34. The maximum atomic E-state index is 12.6. The Kier molecular flexibility index (Phi) is 6.55. The molecule has 5 nitrogen and oxygen atoms in total. The maximum Gasteiger partial charge on any atom is 0.336 e. The molecule has 0 aromatic heterocycles. The van der Waals surface area contributed by atoms with Crippen molar-refractivity contribution in [3.05, 3.63) is 46.7 Å². The summed E-state index contributed by atoms with van der Waals surface area (Å²) >= 11 is 0. The molecule has 0 radical (unpaired) electrons. The van der Waals surface area contributed by atoms with Gasteiger partial charge in [0.15, 0.2) is 0 Å². The number of carbonyl (C=O) groups is 2. The van der Waals surface area contributed by atoms with E-state index in [1.54, 1.807) is 6.92 Å². The van der Waals surface area contributed by atoms with Gasteiger partial charge in [0.05, 0.1) is 12.2 Å². The average molecular weight is 331 g/mol. The smallest absolute Gasteiger partial charge is 0.336 e. The Morgan fingerprint density at radius 3 is 2.67 bits per heavy atom. The molecule has 0 fully saturated rings. The molecule has 1 aliphatic rings. The van der Waals surface area contributed by atoms with E-state index >= 15 is 0 Å². The largest absolute Gasteiger partial charge is 0.460 e. The summed E-state index contributed by atoms with van der Waals surface area (Å²) in [5.41, 5.74) is 3.14. The van der Waals surface area contributed by atoms with E-state index in [-0.39, 0.29) is 30.8 Å². The van der Waals surface area contributed by atoms with E-state index in [0.29, 0.717) is 24.5 Å². The fraction of sp³-hybridized carbons (Fsp3) is 0.474. The van der Waals surface area contributed by atoms with E-state index in [1.807, 2.05) is 38.1 Å². The Balaban J connectivity index is 2.17. The van der Waals surface area contributed by atoms with Gasteiger partial charge in [-0.25, -0.2) is 4.79 Å². The molecule has 0 aliphatic carbocycles. The first-order valence-electron chi connectivity index (χ1n) is 8.35. The molecule has 1 atom stereocenters. The molecule has 1 heterocycles. The number of hydrogen-bond donors (Lipinski definition) is 1. The van der Waals surface area contributed by atoms with Gasteiger partial charge in [0, 0.05) is 24.6 Å². The first-order valence-corrected chi connectivity index (χ1v) is 8.35. The quantitative estimate of drug-likeness (QED) is 0.616. The number of rotatable bonds is 7. The van der Waals surface area contributed by atoms with Crippen LogP contribution >= 0.6 is 0 Å². The van der Waals surface area contributed by atoms with Crippen LogP contribution in [0.1, 0.15) is 43.7 Å². The summed E-state index contributed by atoms with van der Waals surface area (Å²) in [6, 6.07) is 7.81. The first kappa shape index (κ1) is 18.2. The minimum atomic E-state index is -0.388. The Labute approximate surface area is 143 Å². The topological polar surface area (TPSA) is 64.6 Å². The zero-order valence-electron chi connectivity index (χ0n) is 14.6. The third kappa shape index (κ3) is 4.45. The zero-order valence-corrected chi connectivity index (χ0v) is 14.6. The summed E-state index contributed by atoms with van der Waals surface area (Å²) in [4.78, 5) is 24.5. The van der Waals surface area contributed by atoms with Crippen molar-refractivity contribution < 1.29 is 19.1 Å². The SMILES string of the molecule is CCCOCCOC(=O)C1=C(C)NC(=O)C[C@H]1c1ccccc1C. The van der Waals surface area contributed by atoms with Crippen LogP contribution in [-0.4, -0.2) is 31.7 Å². The van der Waals surface area contributed by atoms with Crippen LogP contribution < -0.4 is 5.32 Å². The molecule has 0 saturated heterocycles. The van der Waals surface area contributed by atoms with Crippen molar-refractivity contribution in [3.8, 4) is 0 Å². The third-order valence-electron chi connectivity index (χ3n) is 4.06. The Morgan fingerprint density at radius 2 is 1.96 bits per heavy atom. The summed E-state index contributed by atoms with van der Waals surface area (Å²) < 4.78 is 10.7. The number of nitrogens with one attached hydrogen (secondary N) is 1. The van der Waals surface area contributed by atoms with Gasteiger partial charge < -0.3 is 14.8 Å². The lowest BCUT2D eigenvalue weighted by Gasteiger charge is -2.27. The molecular weight excluding hydrogens is 306 g/mol. The van der Waals surface area contributed by atoms with Gasteiger partial charge in [-0.05, 0) is 31.4 Å². The van der Waals surface area contributed by atoms with E-state index in [1.165, 1.54) is 0 Å². The molecule has 130 valence electrons. The molecule has 0 spiro atoms. The molecule has 1 N–H and O–H groups in total. The molecule has 0 unspecified atom stereocenters. The Morgan fingerprint density at radius 1 is 1.21 bits per heavy atom. The van der Waals surface area contributed by atoms with Crippen molar-refractivity contribution in [1.82, 2.24) is 5.32 Å². The van der Waals surface area contributed by atoms with Gasteiger partial charge >= 0.3 is 5.97 Å².